The van der Waals surface area contributed by atoms with Gasteiger partial charge in [0.1, 0.15) is 6.61 Å². The second kappa shape index (κ2) is 6.87. The van der Waals surface area contributed by atoms with Crippen LogP contribution >= 0.6 is 11.8 Å². The first kappa shape index (κ1) is 16.7. The molecule has 26 heavy (non-hydrogen) atoms. The van der Waals surface area contributed by atoms with Crippen LogP contribution in [0.4, 0.5) is 4.79 Å². The molecule has 1 N–H and O–H groups in total. The van der Waals surface area contributed by atoms with Gasteiger partial charge < -0.3 is 19.4 Å². The van der Waals surface area contributed by atoms with Crippen molar-refractivity contribution in [2.75, 3.05) is 25.4 Å². The van der Waals surface area contributed by atoms with Crippen LogP contribution in [0, 0.1) is 0 Å². The van der Waals surface area contributed by atoms with Gasteiger partial charge in [-0.15, -0.1) is 10.2 Å². The molecular weight excluding hydrogens is 358 g/mol. The number of nitrogens with one attached hydrogen (secondary N) is 1. The summed E-state index contributed by atoms with van der Waals surface area (Å²) >= 11 is 1.24. The summed E-state index contributed by atoms with van der Waals surface area (Å²) in [4.78, 5) is 24.9. The van der Waals surface area contributed by atoms with Crippen molar-refractivity contribution in [2.45, 2.75) is 11.3 Å². The average Bonchev–Trinajstić information content (AvgIpc) is 3.25. The standard InChI is InChI=1S/C16H17N5O4S/c1-20-14(12-8-24-10-4-2-3-5-11(10)25-12)18-19-16(20)26-9-13(22)21-7-6-17-15(21)23/h2-5,12H,6-9H2,1H3,(H,17,23)/t12-/m1/s1. The van der Waals surface area contributed by atoms with E-state index in [2.05, 4.69) is 15.5 Å². The minimum absolute atomic E-state index is 0.115. The van der Waals surface area contributed by atoms with Gasteiger partial charge in [0.2, 0.25) is 5.91 Å². The highest BCUT2D eigenvalue weighted by Crippen LogP contribution is 2.35. The molecule has 9 nitrogen and oxygen atoms in total. The molecule has 0 spiro atoms. The Hall–Kier alpha value is -2.75. The molecule has 0 unspecified atom stereocenters. The van der Waals surface area contributed by atoms with Gasteiger partial charge in [0.05, 0.1) is 5.75 Å². The Morgan fingerprint density at radius 3 is 2.92 bits per heavy atom. The zero-order valence-electron chi connectivity index (χ0n) is 14.0. The zero-order valence-corrected chi connectivity index (χ0v) is 14.9. The number of carbonyl (C=O) groups is 2. The van der Waals surface area contributed by atoms with Crippen molar-refractivity contribution < 1.29 is 19.1 Å². The number of hydrogen-bond donors (Lipinski definition) is 1. The maximum Gasteiger partial charge on any atom is 0.324 e. The first-order chi connectivity index (χ1) is 12.6. The predicted octanol–water partition coefficient (Wildman–Crippen LogP) is 0.971. The van der Waals surface area contributed by atoms with E-state index in [0.29, 0.717) is 42.2 Å². The lowest BCUT2D eigenvalue weighted by Crippen LogP contribution is -2.35. The van der Waals surface area contributed by atoms with Gasteiger partial charge in [-0.2, -0.15) is 0 Å². The molecule has 3 heterocycles. The molecule has 2 aliphatic heterocycles. The van der Waals surface area contributed by atoms with E-state index in [9.17, 15) is 9.59 Å². The largest absolute Gasteiger partial charge is 0.485 e. The Labute approximate surface area is 153 Å². The summed E-state index contributed by atoms with van der Waals surface area (Å²) in [7, 11) is 1.81. The fourth-order valence-electron chi connectivity index (χ4n) is 2.79. The number of hydrogen-bond acceptors (Lipinski definition) is 7. The minimum atomic E-state index is -0.378. The maximum atomic E-state index is 12.1. The van der Waals surface area contributed by atoms with Crippen molar-refractivity contribution in [1.29, 1.82) is 0 Å². The Balaban J connectivity index is 1.42. The van der Waals surface area contributed by atoms with Crippen LogP contribution in [0.5, 0.6) is 11.5 Å². The quantitative estimate of drug-likeness (QED) is 0.795. The molecule has 1 aromatic carbocycles. The van der Waals surface area contributed by atoms with E-state index >= 15 is 0 Å². The van der Waals surface area contributed by atoms with Gasteiger partial charge in [0.25, 0.3) is 0 Å². The third kappa shape index (κ3) is 3.07. The van der Waals surface area contributed by atoms with Crippen LogP contribution < -0.4 is 14.8 Å². The fourth-order valence-corrected chi connectivity index (χ4v) is 3.59. The van der Waals surface area contributed by atoms with Crippen molar-refractivity contribution >= 4 is 23.7 Å². The van der Waals surface area contributed by atoms with E-state index in [-0.39, 0.29) is 23.8 Å². The van der Waals surface area contributed by atoms with Gasteiger partial charge in [-0.25, -0.2) is 4.79 Å². The summed E-state index contributed by atoms with van der Waals surface area (Å²) in [5.74, 6) is 1.85. The zero-order chi connectivity index (χ0) is 18.1. The van der Waals surface area contributed by atoms with E-state index in [1.54, 1.807) is 4.57 Å². The molecule has 0 bridgehead atoms. The number of aromatic nitrogens is 3. The van der Waals surface area contributed by atoms with E-state index in [4.69, 9.17) is 9.47 Å². The molecule has 2 aliphatic rings. The first-order valence-electron chi connectivity index (χ1n) is 8.12. The number of amides is 3. The summed E-state index contributed by atoms with van der Waals surface area (Å²) < 4.78 is 13.4. The van der Waals surface area contributed by atoms with Crippen molar-refractivity contribution in [3.63, 3.8) is 0 Å². The van der Waals surface area contributed by atoms with Crippen molar-refractivity contribution in [3.05, 3.63) is 30.1 Å². The molecule has 4 rings (SSSR count). The molecule has 0 saturated carbocycles. The van der Waals surface area contributed by atoms with Crippen LogP contribution in [0.1, 0.15) is 11.9 Å². The number of imide groups is 1. The van der Waals surface area contributed by atoms with Crippen LogP contribution in [-0.2, 0) is 11.8 Å². The molecule has 1 aromatic heterocycles. The Morgan fingerprint density at radius 2 is 2.15 bits per heavy atom. The number of carbonyl (C=O) groups excluding carboxylic acids is 2. The molecule has 3 amide bonds. The van der Waals surface area contributed by atoms with Gasteiger partial charge in [-0.3, -0.25) is 9.69 Å². The Bertz CT molecular complexity index is 855. The van der Waals surface area contributed by atoms with Crippen molar-refractivity contribution in [2.24, 2.45) is 7.05 Å². The number of urea groups is 1. The molecule has 1 atom stereocenters. The summed E-state index contributed by atoms with van der Waals surface area (Å²) in [5.41, 5.74) is 0. The number of benzene rings is 1. The normalized spacial score (nSPS) is 18.7. The molecule has 10 heteroatoms. The highest BCUT2D eigenvalue weighted by atomic mass is 32.2. The maximum absolute atomic E-state index is 12.1. The second-order valence-corrected chi connectivity index (χ2v) is 6.77. The molecule has 0 radical (unpaired) electrons. The smallest absolute Gasteiger partial charge is 0.324 e. The monoisotopic (exact) mass is 375 g/mol. The highest BCUT2D eigenvalue weighted by molar-refractivity contribution is 7.99. The predicted molar refractivity (Wildman–Crippen MR) is 92.1 cm³/mol. The number of rotatable bonds is 4. The topological polar surface area (TPSA) is 98.6 Å². The third-order valence-electron chi connectivity index (χ3n) is 4.15. The van der Waals surface area contributed by atoms with Gasteiger partial charge in [-0.1, -0.05) is 23.9 Å². The summed E-state index contributed by atoms with van der Waals surface area (Å²) in [5, 5.41) is 11.5. The number of para-hydroxylation sites is 2. The summed E-state index contributed by atoms with van der Waals surface area (Å²) in [6.07, 6.45) is -0.378. The van der Waals surface area contributed by atoms with Gasteiger partial charge in [-0.05, 0) is 12.1 Å². The van der Waals surface area contributed by atoms with Crippen molar-refractivity contribution in [3.8, 4) is 11.5 Å². The fraction of sp³-hybridized carbons (Fsp3) is 0.375. The number of ether oxygens (including phenoxy) is 2. The number of thioether (sulfide) groups is 1. The average molecular weight is 375 g/mol. The molecule has 1 saturated heterocycles. The SMILES string of the molecule is Cn1c(SCC(=O)N2CCNC2=O)nnc1[C@H]1COc2ccccc2O1. The minimum Gasteiger partial charge on any atom is -0.485 e. The van der Waals surface area contributed by atoms with E-state index in [1.165, 1.54) is 16.7 Å². The van der Waals surface area contributed by atoms with Crippen LogP contribution in [0.3, 0.4) is 0 Å². The molecule has 0 aliphatic carbocycles. The van der Waals surface area contributed by atoms with E-state index in [0.717, 1.165) is 0 Å². The van der Waals surface area contributed by atoms with Gasteiger partial charge in [0.15, 0.2) is 28.6 Å². The summed E-state index contributed by atoms with van der Waals surface area (Å²) in [6, 6.07) is 7.11. The Morgan fingerprint density at radius 1 is 1.35 bits per heavy atom. The highest BCUT2D eigenvalue weighted by Gasteiger charge is 2.29. The molecular formula is C16H17N5O4S. The molecule has 2 aromatic rings. The van der Waals surface area contributed by atoms with Crippen LogP contribution in [0.2, 0.25) is 0 Å². The first-order valence-corrected chi connectivity index (χ1v) is 9.11. The van der Waals surface area contributed by atoms with Gasteiger partial charge >= 0.3 is 6.03 Å². The number of nitrogens with zero attached hydrogens (tertiary/aromatic N) is 4. The lowest BCUT2D eigenvalue weighted by molar-refractivity contribution is -0.124. The van der Waals surface area contributed by atoms with Crippen LogP contribution in [0.15, 0.2) is 29.4 Å². The van der Waals surface area contributed by atoms with Crippen LogP contribution in [-0.4, -0.2) is 57.1 Å². The lowest BCUT2D eigenvalue weighted by atomic mass is 10.2. The van der Waals surface area contributed by atoms with Gasteiger partial charge in [0, 0.05) is 20.1 Å². The van der Waals surface area contributed by atoms with Crippen LogP contribution in [0.25, 0.3) is 0 Å². The van der Waals surface area contributed by atoms with E-state index < -0.39 is 0 Å². The molecule has 136 valence electrons. The Kier molecular flexibility index (Phi) is 4.41. The molecule has 1 fully saturated rings. The van der Waals surface area contributed by atoms with Crippen molar-refractivity contribution in [1.82, 2.24) is 25.0 Å². The number of fused-ring (bicyclic) bond motifs is 1. The summed E-state index contributed by atoms with van der Waals surface area (Å²) in [6.45, 7) is 1.22. The van der Waals surface area contributed by atoms with E-state index in [1.807, 2.05) is 31.3 Å². The second-order valence-electron chi connectivity index (χ2n) is 5.83. The lowest BCUT2D eigenvalue weighted by Gasteiger charge is -2.25. The third-order valence-corrected chi connectivity index (χ3v) is 5.15.